The van der Waals surface area contributed by atoms with Crippen LogP contribution in [-0.4, -0.2) is 53.6 Å². The van der Waals surface area contributed by atoms with Gasteiger partial charge in [0.2, 0.25) is 5.91 Å². The van der Waals surface area contributed by atoms with Gasteiger partial charge in [0.05, 0.1) is 12.0 Å². The molecule has 2 aromatic carbocycles. The maximum Gasteiger partial charge on any atom is 0.294 e. The number of piperidine rings is 1. The minimum absolute atomic E-state index is 0.151. The first-order valence-electron chi connectivity index (χ1n) is 11.1. The highest BCUT2D eigenvalue weighted by atomic mass is 35.5. The van der Waals surface area contributed by atoms with E-state index in [-0.39, 0.29) is 24.0 Å². The van der Waals surface area contributed by atoms with Gasteiger partial charge < -0.3 is 14.4 Å². The number of hydrogen-bond donors (Lipinski definition) is 0. The molecule has 0 saturated carbocycles. The highest BCUT2D eigenvalue weighted by Gasteiger charge is 2.37. The predicted octanol–water partition coefficient (Wildman–Crippen LogP) is 5.63. The second-order valence-corrected chi connectivity index (χ2v) is 9.92. The highest BCUT2D eigenvalue weighted by molar-refractivity contribution is 8.18. The predicted molar refractivity (Wildman–Crippen MR) is 137 cm³/mol. The standard InChI is InChI=1S/C25H24Cl2N2O5S/c1-33-21-12-16(8-9-20(21)34-15-17-18(26)6-5-7-19(17)27)13-22-24(31)29(25(32)35-22)14-23(30)28-10-3-2-4-11-28/h5-9,12-13H,2-4,10-11,14-15H2,1H3/b22-13-. The first-order chi connectivity index (χ1) is 16.9. The Morgan fingerprint density at radius 3 is 2.46 bits per heavy atom. The van der Waals surface area contributed by atoms with Crippen LogP contribution in [0.3, 0.4) is 0 Å². The van der Waals surface area contributed by atoms with Crippen molar-refractivity contribution in [2.24, 2.45) is 0 Å². The van der Waals surface area contributed by atoms with E-state index in [9.17, 15) is 14.4 Å². The van der Waals surface area contributed by atoms with Crippen LogP contribution in [0, 0.1) is 0 Å². The third-order valence-corrected chi connectivity index (χ3v) is 7.41. The molecule has 2 aromatic rings. The van der Waals surface area contributed by atoms with E-state index in [1.165, 1.54) is 7.11 Å². The third kappa shape index (κ3) is 5.94. The first kappa shape index (κ1) is 25.4. The molecule has 184 valence electrons. The SMILES string of the molecule is COc1cc(/C=C2\SC(=O)N(CC(=O)N3CCCCC3)C2=O)ccc1OCc1c(Cl)cccc1Cl. The maximum absolute atomic E-state index is 12.8. The van der Waals surface area contributed by atoms with Gasteiger partial charge in [-0.3, -0.25) is 19.3 Å². The first-order valence-corrected chi connectivity index (χ1v) is 12.7. The van der Waals surface area contributed by atoms with E-state index in [1.807, 2.05) is 0 Å². The molecule has 2 aliphatic heterocycles. The van der Waals surface area contributed by atoms with Gasteiger partial charge >= 0.3 is 0 Å². The molecule has 2 aliphatic rings. The zero-order valence-corrected chi connectivity index (χ0v) is 21.4. The third-order valence-electron chi connectivity index (χ3n) is 5.79. The summed E-state index contributed by atoms with van der Waals surface area (Å²) in [5.41, 5.74) is 1.31. The Morgan fingerprint density at radius 1 is 1.06 bits per heavy atom. The average molecular weight is 535 g/mol. The van der Waals surface area contributed by atoms with Gasteiger partial charge in [-0.15, -0.1) is 0 Å². The Labute approximate surface area is 217 Å². The van der Waals surface area contributed by atoms with Crippen molar-refractivity contribution in [1.29, 1.82) is 0 Å². The number of likely N-dealkylation sites (tertiary alicyclic amines) is 1. The van der Waals surface area contributed by atoms with Crippen LogP contribution in [0.5, 0.6) is 11.5 Å². The minimum atomic E-state index is -0.474. The quantitative estimate of drug-likeness (QED) is 0.428. The summed E-state index contributed by atoms with van der Waals surface area (Å²) < 4.78 is 11.3. The summed E-state index contributed by atoms with van der Waals surface area (Å²) in [5, 5.41) is 0.556. The molecule has 2 saturated heterocycles. The largest absolute Gasteiger partial charge is 0.493 e. The van der Waals surface area contributed by atoms with Crippen molar-refractivity contribution in [3.63, 3.8) is 0 Å². The van der Waals surface area contributed by atoms with Crippen molar-refractivity contribution >= 4 is 58.1 Å². The molecule has 35 heavy (non-hydrogen) atoms. The van der Waals surface area contributed by atoms with Gasteiger partial charge in [-0.1, -0.05) is 35.3 Å². The number of halogens is 2. The fourth-order valence-corrected chi connectivity index (χ4v) is 5.22. The van der Waals surface area contributed by atoms with Crippen LogP contribution in [0.25, 0.3) is 6.08 Å². The molecule has 7 nitrogen and oxygen atoms in total. The van der Waals surface area contributed by atoms with Gasteiger partial charge in [0.15, 0.2) is 11.5 Å². The van der Waals surface area contributed by atoms with Gasteiger partial charge in [0.25, 0.3) is 11.1 Å². The summed E-state index contributed by atoms with van der Waals surface area (Å²) in [4.78, 5) is 40.8. The fraction of sp³-hybridized carbons (Fsp3) is 0.320. The maximum atomic E-state index is 12.8. The van der Waals surface area contributed by atoms with E-state index in [2.05, 4.69) is 0 Å². The number of carbonyl (C=O) groups excluding carboxylic acids is 3. The summed E-state index contributed by atoms with van der Waals surface area (Å²) in [5.74, 6) is 0.246. The number of imide groups is 1. The summed E-state index contributed by atoms with van der Waals surface area (Å²) in [6.07, 6.45) is 4.59. The minimum Gasteiger partial charge on any atom is -0.493 e. The number of hydrogen-bond acceptors (Lipinski definition) is 6. The lowest BCUT2D eigenvalue weighted by Gasteiger charge is -2.27. The summed E-state index contributed by atoms with van der Waals surface area (Å²) >= 11 is 13.2. The van der Waals surface area contributed by atoms with Crippen LogP contribution in [0.2, 0.25) is 10.0 Å². The molecule has 0 aliphatic carbocycles. The number of carbonyl (C=O) groups is 3. The van der Waals surface area contributed by atoms with Crippen LogP contribution in [0.1, 0.15) is 30.4 Å². The molecule has 0 aromatic heterocycles. The van der Waals surface area contributed by atoms with Crippen LogP contribution in [-0.2, 0) is 16.2 Å². The number of benzene rings is 2. The van der Waals surface area contributed by atoms with Crippen LogP contribution >= 0.6 is 35.0 Å². The molecule has 4 rings (SSSR count). The zero-order chi connectivity index (χ0) is 24.9. The number of nitrogens with zero attached hydrogens (tertiary/aromatic N) is 2. The van der Waals surface area contributed by atoms with Crippen molar-refractivity contribution in [1.82, 2.24) is 9.80 Å². The van der Waals surface area contributed by atoms with Crippen molar-refractivity contribution in [2.75, 3.05) is 26.7 Å². The average Bonchev–Trinajstić information content (AvgIpc) is 3.12. The lowest BCUT2D eigenvalue weighted by atomic mass is 10.1. The van der Waals surface area contributed by atoms with Crippen molar-refractivity contribution in [3.05, 3.63) is 62.5 Å². The number of thioether (sulfide) groups is 1. The Balaban J connectivity index is 1.45. The molecule has 2 fully saturated rings. The zero-order valence-electron chi connectivity index (χ0n) is 19.1. The van der Waals surface area contributed by atoms with Crippen LogP contribution < -0.4 is 9.47 Å². The second kappa shape index (κ2) is 11.4. The van der Waals surface area contributed by atoms with Crippen LogP contribution in [0.15, 0.2) is 41.3 Å². The molecular formula is C25H24Cl2N2O5S. The topological polar surface area (TPSA) is 76.2 Å². The van der Waals surface area contributed by atoms with E-state index in [0.717, 1.165) is 35.9 Å². The smallest absolute Gasteiger partial charge is 0.294 e. The molecule has 0 atom stereocenters. The Hall–Kier alpha value is -2.68. The van der Waals surface area contributed by atoms with E-state index in [1.54, 1.807) is 47.4 Å². The lowest BCUT2D eigenvalue weighted by Crippen LogP contribution is -2.44. The molecular weight excluding hydrogens is 511 g/mol. The normalized spacial score (nSPS) is 17.3. The molecule has 3 amide bonds. The molecule has 10 heteroatoms. The fourth-order valence-electron chi connectivity index (χ4n) is 3.88. The highest BCUT2D eigenvalue weighted by Crippen LogP contribution is 2.35. The summed E-state index contributed by atoms with van der Waals surface area (Å²) in [7, 11) is 1.51. The van der Waals surface area contributed by atoms with Crippen molar-refractivity contribution in [2.45, 2.75) is 25.9 Å². The van der Waals surface area contributed by atoms with Gasteiger partial charge in [-0.05, 0) is 66.9 Å². The lowest BCUT2D eigenvalue weighted by molar-refractivity contribution is -0.136. The molecule has 0 unspecified atom stereocenters. The number of ether oxygens (including phenoxy) is 2. The van der Waals surface area contributed by atoms with E-state index >= 15 is 0 Å². The molecule has 0 bridgehead atoms. The summed E-state index contributed by atoms with van der Waals surface area (Å²) in [6, 6.07) is 10.4. The summed E-state index contributed by atoms with van der Waals surface area (Å²) in [6.45, 7) is 1.25. The number of rotatable bonds is 7. The molecule has 0 radical (unpaired) electrons. The van der Waals surface area contributed by atoms with E-state index < -0.39 is 11.1 Å². The van der Waals surface area contributed by atoms with Gasteiger partial charge in [0.1, 0.15) is 13.2 Å². The van der Waals surface area contributed by atoms with Gasteiger partial charge in [-0.25, -0.2) is 0 Å². The van der Waals surface area contributed by atoms with Gasteiger partial charge in [-0.2, -0.15) is 0 Å². The Bertz CT molecular complexity index is 1160. The number of methoxy groups -OCH3 is 1. The van der Waals surface area contributed by atoms with Crippen LogP contribution in [0.4, 0.5) is 4.79 Å². The monoisotopic (exact) mass is 534 g/mol. The number of amides is 3. The Kier molecular flexibility index (Phi) is 8.26. The molecule has 2 heterocycles. The van der Waals surface area contributed by atoms with E-state index in [0.29, 0.717) is 45.8 Å². The van der Waals surface area contributed by atoms with E-state index in [4.69, 9.17) is 32.7 Å². The van der Waals surface area contributed by atoms with Crippen molar-refractivity contribution < 1.29 is 23.9 Å². The molecule has 0 spiro atoms. The van der Waals surface area contributed by atoms with Gasteiger partial charge in [0, 0.05) is 28.7 Å². The Morgan fingerprint density at radius 2 is 1.77 bits per heavy atom. The molecule has 0 N–H and O–H groups in total. The second-order valence-electron chi connectivity index (χ2n) is 8.11. The van der Waals surface area contributed by atoms with Crippen molar-refractivity contribution in [3.8, 4) is 11.5 Å².